The fraction of sp³-hybridized carbons (Fsp3) is 0.200. The number of nitrogens with zero attached hydrogens (tertiary/aromatic N) is 1. The molecule has 0 unspecified atom stereocenters. The summed E-state index contributed by atoms with van der Waals surface area (Å²) in [6.45, 7) is 3.62. The first-order valence-corrected chi connectivity index (χ1v) is 9.03. The van der Waals surface area contributed by atoms with Crippen LogP contribution in [0, 0.1) is 5.82 Å². The zero-order valence-corrected chi connectivity index (χ0v) is 16.1. The van der Waals surface area contributed by atoms with E-state index >= 15 is 0 Å². The molecule has 0 aliphatic carbocycles. The van der Waals surface area contributed by atoms with Gasteiger partial charge in [-0.25, -0.2) is 14.2 Å². The van der Waals surface area contributed by atoms with Crippen LogP contribution >= 0.6 is 23.2 Å². The van der Waals surface area contributed by atoms with Gasteiger partial charge in [0.15, 0.2) is 6.10 Å². The van der Waals surface area contributed by atoms with E-state index in [2.05, 4.69) is 4.98 Å². The highest BCUT2D eigenvalue weighted by atomic mass is 35.5. The van der Waals surface area contributed by atoms with Gasteiger partial charge in [0.2, 0.25) is 0 Å². The molecule has 2 aromatic carbocycles. The SMILES string of the molecule is CCOC(=O)[C@@H](C)Oc1ccc2c(-c3ccc(F)cc3Cl)cc(Cl)nc2c1. The van der Waals surface area contributed by atoms with Gasteiger partial charge in [0.25, 0.3) is 0 Å². The number of esters is 1. The Kier molecular flexibility index (Phi) is 5.82. The zero-order valence-electron chi connectivity index (χ0n) is 14.6. The monoisotopic (exact) mass is 407 g/mol. The van der Waals surface area contributed by atoms with Crippen LogP contribution in [0.4, 0.5) is 4.39 Å². The molecule has 140 valence electrons. The summed E-state index contributed by atoms with van der Waals surface area (Å²) in [6, 6.07) is 11.0. The Labute approximate surface area is 165 Å². The van der Waals surface area contributed by atoms with Crippen molar-refractivity contribution in [2.45, 2.75) is 20.0 Å². The molecule has 0 bridgehead atoms. The van der Waals surface area contributed by atoms with E-state index in [0.717, 1.165) is 10.9 Å². The quantitative estimate of drug-likeness (QED) is 0.403. The molecule has 0 saturated heterocycles. The standard InChI is InChI=1S/C20H16Cl2FNO3/c1-3-26-20(25)11(2)27-13-5-7-15-16(10-19(22)24-18(15)9-13)14-6-4-12(23)8-17(14)21/h4-11H,3H2,1-2H3/t11-/m1/s1. The van der Waals surface area contributed by atoms with Crippen LogP contribution in [0.1, 0.15) is 13.8 Å². The van der Waals surface area contributed by atoms with E-state index in [9.17, 15) is 9.18 Å². The molecule has 0 aliphatic rings. The molecule has 0 aliphatic heterocycles. The molecule has 0 amide bonds. The van der Waals surface area contributed by atoms with Crippen molar-refractivity contribution in [2.75, 3.05) is 6.61 Å². The molecule has 1 aromatic heterocycles. The molecule has 0 fully saturated rings. The van der Waals surface area contributed by atoms with Crippen LogP contribution in [0.3, 0.4) is 0 Å². The van der Waals surface area contributed by atoms with Crippen molar-refractivity contribution in [1.29, 1.82) is 0 Å². The number of halogens is 3. The van der Waals surface area contributed by atoms with Gasteiger partial charge in [-0.05, 0) is 55.8 Å². The minimum absolute atomic E-state index is 0.258. The number of aromatic nitrogens is 1. The van der Waals surface area contributed by atoms with Crippen molar-refractivity contribution in [2.24, 2.45) is 0 Å². The number of ether oxygens (including phenoxy) is 2. The predicted octanol–water partition coefficient (Wildman–Crippen LogP) is 5.68. The second-order valence-corrected chi connectivity index (χ2v) is 6.60. The fourth-order valence-corrected chi connectivity index (χ4v) is 3.16. The maximum atomic E-state index is 13.4. The Morgan fingerprint density at radius 1 is 1.15 bits per heavy atom. The average Bonchev–Trinajstić information content (AvgIpc) is 2.61. The minimum Gasteiger partial charge on any atom is -0.479 e. The van der Waals surface area contributed by atoms with Crippen LogP contribution in [-0.4, -0.2) is 23.7 Å². The summed E-state index contributed by atoms with van der Waals surface area (Å²) in [7, 11) is 0. The van der Waals surface area contributed by atoms with E-state index in [-0.39, 0.29) is 16.8 Å². The molecule has 0 radical (unpaired) electrons. The van der Waals surface area contributed by atoms with E-state index in [0.29, 0.717) is 16.8 Å². The van der Waals surface area contributed by atoms with Crippen molar-refractivity contribution in [1.82, 2.24) is 4.98 Å². The first-order valence-electron chi connectivity index (χ1n) is 8.28. The summed E-state index contributed by atoms with van der Waals surface area (Å²) >= 11 is 12.4. The molecule has 0 saturated carbocycles. The molecule has 0 N–H and O–H groups in total. The summed E-state index contributed by atoms with van der Waals surface area (Å²) in [5, 5.41) is 1.30. The van der Waals surface area contributed by atoms with E-state index in [4.69, 9.17) is 32.7 Å². The molecule has 7 heteroatoms. The molecular weight excluding hydrogens is 392 g/mol. The Morgan fingerprint density at radius 2 is 1.93 bits per heavy atom. The lowest BCUT2D eigenvalue weighted by Gasteiger charge is -2.15. The Balaban J connectivity index is 2.02. The van der Waals surface area contributed by atoms with Crippen LogP contribution in [0.2, 0.25) is 10.2 Å². The molecule has 3 aromatic rings. The van der Waals surface area contributed by atoms with E-state index in [1.54, 1.807) is 44.2 Å². The molecule has 27 heavy (non-hydrogen) atoms. The lowest BCUT2D eigenvalue weighted by atomic mass is 10.0. The van der Waals surface area contributed by atoms with Crippen molar-refractivity contribution in [3.63, 3.8) is 0 Å². The smallest absolute Gasteiger partial charge is 0.347 e. The lowest BCUT2D eigenvalue weighted by molar-refractivity contribution is -0.150. The summed E-state index contributed by atoms with van der Waals surface area (Å²) < 4.78 is 23.9. The van der Waals surface area contributed by atoms with Gasteiger partial charge in [-0.15, -0.1) is 0 Å². The van der Waals surface area contributed by atoms with E-state index in [1.165, 1.54) is 12.1 Å². The lowest BCUT2D eigenvalue weighted by Crippen LogP contribution is -2.26. The maximum absolute atomic E-state index is 13.4. The van der Waals surface area contributed by atoms with Gasteiger partial charge >= 0.3 is 5.97 Å². The summed E-state index contributed by atoms with van der Waals surface area (Å²) in [5.41, 5.74) is 1.92. The van der Waals surface area contributed by atoms with Gasteiger partial charge in [0.1, 0.15) is 16.7 Å². The van der Waals surface area contributed by atoms with Crippen molar-refractivity contribution < 1.29 is 18.7 Å². The van der Waals surface area contributed by atoms with Crippen molar-refractivity contribution in [3.8, 4) is 16.9 Å². The Hall–Kier alpha value is -2.37. The number of benzene rings is 2. The molecule has 3 rings (SSSR count). The third-order valence-electron chi connectivity index (χ3n) is 3.90. The van der Waals surface area contributed by atoms with Crippen molar-refractivity contribution in [3.05, 3.63) is 58.5 Å². The first-order chi connectivity index (χ1) is 12.9. The fourth-order valence-electron chi connectivity index (χ4n) is 2.69. The van der Waals surface area contributed by atoms with Crippen molar-refractivity contribution >= 4 is 40.1 Å². The topological polar surface area (TPSA) is 48.4 Å². The Bertz CT molecular complexity index is 1010. The van der Waals surface area contributed by atoms with Crippen LogP contribution in [0.25, 0.3) is 22.0 Å². The molecule has 1 heterocycles. The summed E-state index contributed by atoms with van der Waals surface area (Å²) in [4.78, 5) is 16.1. The maximum Gasteiger partial charge on any atom is 0.347 e. The van der Waals surface area contributed by atoms with E-state index in [1.807, 2.05) is 0 Å². The number of hydrogen-bond donors (Lipinski definition) is 0. The third kappa shape index (κ3) is 4.31. The number of rotatable bonds is 5. The van der Waals surface area contributed by atoms with E-state index < -0.39 is 17.9 Å². The number of fused-ring (bicyclic) bond motifs is 1. The number of hydrogen-bond acceptors (Lipinski definition) is 4. The molecular formula is C20H16Cl2FNO3. The molecule has 4 nitrogen and oxygen atoms in total. The first kappa shape index (κ1) is 19.4. The van der Waals surface area contributed by atoms with Gasteiger partial charge in [0, 0.05) is 17.0 Å². The molecule has 1 atom stereocenters. The second-order valence-electron chi connectivity index (χ2n) is 5.81. The largest absolute Gasteiger partial charge is 0.479 e. The van der Waals surface area contributed by atoms with Crippen LogP contribution in [-0.2, 0) is 9.53 Å². The number of carbonyl (C=O) groups excluding carboxylic acids is 1. The highest BCUT2D eigenvalue weighted by Gasteiger charge is 2.17. The summed E-state index contributed by atoms with van der Waals surface area (Å²) in [6.07, 6.45) is -0.757. The van der Waals surface area contributed by atoms with Gasteiger partial charge in [-0.2, -0.15) is 0 Å². The predicted molar refractivity (Wildman–Crippen MR) is 104 cm³/mol. The zero-order chi connectivity index (χ0) is 19.6. The highest BCUT2D eigenvalue weighted by Crippen LogP contribution is 2.36. The van der Waals surface area contributed by atoms with Gasteiger partial charge in [-0.3, -0.25) is 0 Å². The van der Waals surface area contributed by atoms with Crippen LogP contribution in [0.5, 0.6) is 5.75 Å². The normalized spacial score (nSPS) is 12.0. The Morgan fingerprint density at radius 3 is 2.63 bits per heavy atom. The van der Waals surface area contributed by atoms with Gasteiger partial charge in [-0.1, -0.05) is 23.2 Å². The second kappa shape index (κ2) is 8.11. The highest BCUT2D eigenvalue weighted by molar-refractivity contribution is 6.34. The number of carbonyl (C=O) groups is 1. The number of pyridine rings is 1. The minimum atomic E-state index is -0.757. The van der Waals surface area contributed by atoms with Gasteiger partial charge < -0.3 is 9.47 Å². The molecule has 0 spiro atoms. The van der Waals surface area contributed by atoms with Crippen LogP contribution in [0.15, 0.2) is 42.5 Å². The van der Waals surface area contributed by atoms with Gasteiger partial charge in [0.05, 0.1) is 17.1 Å². The summed E-state index contributed by atoms with van der Waals surface area (Å²) in [5.74, 6) is -0.416. The van der Waals surface area contributed by atoms with Crippen LogP contribution < -0.4 is 4.74 Å². The third-order valence-corrected chi connectivity index (χ3v) is 4.41. The average molecular weight is 408 g/mol.